The van der Waals surface area contributed by atoms with Gasteiger partial charge >= 0.3 is 0 Å². The lowest BCUT2D eigenvalue weighted by Crippen LogP contribution is -2.65. The number of carbonyl (C=O) groups excluding carboxylic acids is 2. The number of anilines is 1. The average molecular weight is 434 g/mol. The van der Waals surface area contributed by atoms with E-state index in [1.807, 2.05) is 49.6 Å². The molecule has 0 radical (unpaired) electrons. The first kappa shape index (κ1) is 20.9. The number of furan rings is 1. The summed E-state index contributed by atoms with van der Waals surface area (Å²) in [6.45, 7) is 8.58. The third-order valence-corrected chi connectivity index (χ3v) is 7.56. The zero-order chi connectivity index (χ0) is 22.6. The van der Waals surface area contributed by atoms with Crippen molar-refractivity contribution in [1.82, 2.24) is 9.88 Å². The van der Waals surface area contributed by atoms with E-state index in [0.717, 1.165) is 48.0 Å². The first-order valence-corrected chi connectivity index (χ1v) is 11.6. The molecular weight excluding hydrogens is 402 g/mol. The van der Waals surface area contributed by atoms with Crippen molar-refractivity contribution >= 4 is 28.6 Å². The molecule has 1 N–H and O–H groups in total. The van der Waals surface area contributed by atoms with Gasteiger partial charge in [-0.3, -0.25) is 14.5 Å². The quantitative estimate of drug-likeness (QED) is 0.634. The number of rotatable bonds is 3. The highest BCUT2D eigenvalue weighted by Gasteiger charge is 2.49. The largest absolute Gasteiger partial charge is 0.463 e. The van der Waals surface area contributed by atoms with Crippen molar-refractivity contribution in [3.63, 3.8) is 0 Å². The van der Waals surface area contributed by atoms with Crippen molar-refractivity contribution in [2.75, 3.05) is 4.90 Å². The molecule has 1 aromatic carbocycles. The zero-order valence-electron chi connectivity index (χ0n) is 19.3. The molecule has 2 aliphatic rings. The number of fused-ring (bicyclic) bond motifs is 3. The van der Waals surface area contributed by atoms with Crippen molar-refractivity contribution in [2.24, 2.45) is 5.92 Å². The van der Waals surface area contributed by atoms with Crippen molar-refractivity contribution < 1.29 is 14.0 Å². The Morgan fingerprint density at radius 3 is 2.66 bits per heavy atom. The minimum Gasteiger partial charge on any atom is -0.463 e. The monoisotopic (exact) mass is 433 g/mol. The highest BCUT2D eigenvalue weighted by atomic mass is 16.3. The SMILES string of the molecule is Cc1cccc(N2C(=O)c3cc4occc4n3CC2(C)C(=O)NC2CCC(C)CC2)c1C. The standard InChI is InChI=1S/C26H31N3O3/c1-16-8-10-19(11-9-16)27-25(31)26(4)15-28-21-12-13-32-23(21)14-22(28)24(30)29(26)20-7-5-6-17(2)18(20)3/h5-7,12-14,16,19H,8-11,15H2,1-4H3,(H,27,31). The van der Waals surface area contributed by atoms with Gasteiger partial charge in [0.1, 0.15) is 11.2 Å². The van der Waals surface area contributed by atoms with Crippen molar-refractivity contribution in [3.05, 3.63) is 53.4 Å². The summed E-state index contributed by atoms with van der Waals surface area (Å²) >= 11 is 0. The van der Waals surface area contributed by atoms with Gasteiger partial charge in [-0.15, -0.1) is 0 Å². The first-order valence-electron chi connectivity index (χ1n) is 11.6. The van der Waals surface area contributed by atoms with Crippen LogP contribution in [0.1, 0.15) is 61.1 Å². The Morgan fingerprint density at radius 1 is 1.16 bits per heavy atom. The number of hydrogen-bond acceptors (Lipinski definition) is 3. The molecule has 1 fully saturated rings. The molecule has 1 saturated carbocycles. The average Bonchev–Trinajstić information content (AvgIpc) is 3.35. The Bertz CT molecular complexity index is 1200. The van der Waals surface area contributed by atoms with E-state index in [1.165, 1.54) is 0 Å². The van der Waals surface area contributed by atoms with Crippen molar-refractivity contribution in [1.29, 1.82) is 0 Å². The van der Waals surface area contributed by atoms with Crippen molar-refractivity contribution in [2.45, 2.75) is 71.5 Å². The molecule has 2 amide bonds. The summed E-state index contributed by atoms with van der Waals surface area (Å²) in [5, 5.41) is 3.30. The fourth-order valence-corrected chi connectivity index (χ4v) is 5.31. The van der Waals surface area contributed by atoms with Gasteiger partial charge in [0.15, 0.2) is 5.58 Å². The first-order chi connectivity index (χ1) is 15.3. The van der Waals surface area contributed by atoms with Crippen LogP contribution in [0.5, 0.6) is 0 Å². The van der Waals surface area contributed by atoms with Gasteiger partial charge in [-0.25, -0.2) is 0 Å². The Kier molecular flexibility index (Phi) is 4.91. The summed E-state index contributed by atoms with van der Waals surface area (Å²) in [5.74, 6) is 0.437. The minimum absolute atomic E-state index is 0.0951. The molecular formula is C26H31N3O3. The van der Waals surface area contributed by atoms with Gasteiger partial charge in [-0.05, 0) is 69.6 Å². The second-order valence-electron chi connectivity index (χ2n) is 9.85. The second kappa shape index (κ2) is 7.54. The highest BCUT2D eigenvalue weighted by molar-refractivity contribution is 6.14. The van der Waals surface area contributed by atoms with E-state index in [9.17, 15) is 9.59 Å². The molecule has 3 aromatic rings. The molecule has 5 rings (SSSR count). The van der Waals surface area contributed by atoms with Gasteiger partial charge in [0.05, 0.1) is 18.3 Å². The van der Waals surface area contributed by atoms with E-state index in [-0.39, 0.29) is 17.9 Å². The molecule has 1 atom stereocenters. The number of carbonyl (C=O) groups is 2. The number of aromatic nitrogens is 1. The lowest BCUT2D eigenvalue weighted by molar-refractivity contribution is -0.127. The molecule has 6 nitrogen and oxygen atoms in total. The van der Waals surface area contributed by atoms with Gasteiger partial charge in [0.2, 0.25) is 5.91 Å². The maximum Gasteiger partial charge on any atom is 0.276 e. The molecule has 3 heterocycles. The Hall–Kier alpha value is -3.02. The van der Waals surface area contributed by atoms with Crippen LogP contribution in [0.3, 0.4) is 0 Å². The van der Waals surface area contributed by atoms with E-state index in [1.54, 1.807) is 17.2 Å². The van der Waals surface area contributed by atoms with Gasteiger partial charge in [0, 0.05) is 23.9 Å². The lowest BCUT2D eigenvalue weighted by Gasteiger charge is -2.45. The van der Waals surface area contributed by atoms with Gasteiger partial charge in [-0.1, -0.05) is 19.1 Å². The summed E-state index contributed by atoms with van der Waals surface area (Å²) < 4.78 is 7.51. The normalized spacial score (nSPS) is 25.8. The molecule has 2 aromatic heterocycles. The third kappa shape index (κ3) is 3.15. The van der Waals surface area contributed by atoms with Gasteiger partial charge < -0.3 is 14.3 Å². The van der Waals surface area contributed by atoms with Crippen LogP contribution in [0.25, 0.3) is 11.1 Å². The van der Waals surface area contributed by atoms with E-state index >= 15 is 0 Å². The summed E-state index contributed by atoms with van der Waals surface area (Å²) in [6, 6.07) is 9.73. The molecule has 0 saturated heterocycles. The summed E-state index contributed by atoms with van der Waals surface area (Å²) in [6.07, 6.45) is 5.85. The van der Waals surface area contributed by atoms with Crippen LogP contribution in [0.15, 0.2) is 41.0 Å². The highest BCUT2D eigenvalue weighted by Crippen LogP contribution is 2.38. The predicted octanol–water partition coefficient (Wildman–Crippen LogP) is 4.97. The molecule has 168 valence electrons. The Morgan fingerprint density at radius 2 is 1.91 bits per heavy atom. The van der Waals surface area contributed by atoms with Crippen LogP contribution >= 0.6 is 0 Å². The number of hydrogen-bond donors (Lipinski definition) is 1. The minimum atomic E-state index is -1.06. The lowest BCUT2D eigenvalue weighted by atomic mass is 9.86. The Labute approximate surface area is 188 Å². The zero-order valence-corrected chi connectivity index (χ0v) is 19.3. The summed E-state index contributed by atoms with van der Waals surface area (Å²) in [4.78, 5) is 29.5. The van der Waals surface area contributed by atoms with E-state index < -0.39 is 5.54 Å². The van der Waals surface area contributed by atoms with Crippen LogP contribution in [-0.4, -0.2) is 28.0 Å². The van der Waals surface area contributed by atoms with Gasteiger partial charge in [0.25, 0.3) is 5.91 Å². The Balaban J connectivity index is 1.60. The molecule has 6 heteroatoms. The van der Waals surface area contributed by atoms with Crippen LogP contribution in [0.4, 0.5) is 5.69 Å². The van der Waals surface area contributed by atoms with Crippen LogP contribution < -0.4 is 10.2 Å². The number of nitrogens with one attached hydrogen (secondary N) is 1. The summed E-state index contributed by atoms with van der Waals surface area (Å²) in [5.41, 5.74) is 3.89. The van der Waals surface area contributed by atoms with E-state index in [0.29, 0.717) is 23.7 Å². The maximum atomic E-state index is 13.9. The van der Waals surface area contributed by atoms with E-state index in [2.05, 4.69) is 12.2 Å². The number of aryl methyl sites for hydroxylation is 1. The molecule has 32 heavy (non-hydrogen) atoms. The number of benzene rings is 1. The molecule has 1 aliphatic carbocycles. The maximum absolute atomic E-state index is 13.9. The third-order valence-electron chi connectivity index (χ3n) is 7.56. The predicted molar refractivity (Wildman–Crippen MR) is 125 cm³/mol. The second-order valence-corrected chi connectivity index (χ2v) is 9.85. The summed E-state index contributed by atoms with van der Waals surface area (Å²) in [7, 11) is 0. The van der Waals surface area contributed by atoms with Crippen LogP contribution in [0.2, 0.25) is 0 Å². The van der Waals surface area contributed by atoms with Crippen molar-refractivity contribution in [3.8, 4) is 0 Å². The van der Waals surface area contributed by atoms with Crippen LogP contribution in [-0.2, 0) is 11.3 Å². The molecule has 0 bridgehead atoms. The topological polar surface area (TPSA) is 67.5 Å². The number of nitrogens with zero attached hydrogens (tertiary/aromatic N) is 2. The molecule has 1 unspecified atom stereocenters. The smallest absolute Gasteiger partial charge is 0.276 e. The van der Waals surface area contributed by atoms with Gasteiger partial charge in [-0.2, -0.15) is 0 Å². The molecule has 0 spiro atoms. The molecule has 1 aliphatic heterocycles. The number of amides is 2. The fraction of sp³-hybridized carbons (Fsp3) is 0.462. The fourth-order valence-electron chi connectivity index (χ4n) is 5.31. The van der Waals surface area contributed by atoms with Crippen LogP contribution in [0, 0.1) is 19.8 Å². The van der Waals surface area contributed by atoms with E-state index in [4.69, 9.17) is 4.42 Å².